The zero-order valence-corrected chi connectivity index (χ0v) is 12.6. The van der Waals surface area contributed by atoms with Crippen LogP contribution in [0.4, 0.5) is 0 Å². The number of hydrogen-bond acceptors (Lipinski definition) is 5. The average molecular weight is 330 g/mol. The van der Waals surface area contributed by atoms with Gasteiger partial charge in [0, 0.05) is 17.5 Å². The van der Waals surface area contributed by atoms with Crippen molar-refractivity contribution in [2.24, 2.45) is 0 Å². The number of carbonyl (C=O) groups is 1. The van der Waals surface area contributed by atoms with Crippen molar-refractivity contribution in [3.8, 4) is 0 Å². The molecule has 0 amide bonds. The molecule has 0 aliphatic heterocycles. The van der Waals surface area contributed by atoms with Crippen molar-refractivity contribution in [3.05, 3.63) is 76.7 Å². The average Bonchev–Trinajstić information content (AvgIpc) is 3.20. The molecule has 2 aromatic heterocycles. The third-order valence-corrected chi connectivity index (χ3v) is 3.62. The van der Waals surface area contributed by atoms with E-state index in [4.69, 9.17) is 16.0 Å². The van der Waals surface area contributed by atoms with Gasteiger partial charge in [0.1, 0.15) is 17.8 Å². The Bertz CT molecular complexity index is 853. The Morgan fingerprint density at radius 1 is 1.35 bits per heavy atom. The highest BCUT2D eigenvalue weighted by atomic mass is 35.5. The van der Waals surface area contributed by atoms with Crippen LogP contribution >= 0.6 is 11.6 Å². The lowest BCUT2D eigenvalue weighted by Gasteiger charge is -2.04. The highest BCUT2D eigenvalue weighted by Gasteiger charge is 2.15. The molecule has 23 heavy (non-hydrogen) atoms. The number of aliphatic hydroxyl groups excluding tert-OH is 1. The third-order valence-electron chi connectivity index (χ3n) is 3.25. The smallest absolute Gasteiger partial charge is 0.226 e. The molecule has 0 bridgehead atoms. The number of ketones is 1. The Labute approximate surface area is 136 Å². The Balaban J connectivity index is 1.86. The van der Waals surface area contributed by atoms with Gasteiger partial charge in [-0.05, 0) is 17.7 Å². The summed E-state index contributed by atoms with van der Waals surface area (Å²) < 4.78 is 5.41. The number of allylic oxidation sites excluding steroid dienone is 1. The predicted octanol–water partition coefficient (Wildman–Crippen LogP) is 3.42. The molecule has 0 aliphatic carbocycles. The summed E-state index contributed by atoms with van der Waals surface area (Å²) in [6.45, 7) is 0. The quantitative estimate of drug-likeness (QED) is 0.425. The SMILES string of the molecule is O=C(C=C(O)c1ccoc1Cc1ccccc1Cl)c1ncn[nH]1. The predicted molar refractivity (Wildman–Crippen MR) is 84.3 cm³/mol. The molecule has 116 valence electrons. The number of halogens is 1. The van der Waals surface area contributed by atoms with Crippen LogP contribution < -0.4 is 0 Å². The topological polar surface area (TPSA) is 92.0 Å². The van der Waals surface area contributed by atoms with Crippen molar-refractivity contribution in [2.45, 2.75) is 6.42 Å². The van der Waals surface area contributed by atoms with Crippen LogP contribution in [-0.2, 0) is 6.42 Å². The largest absolute Gasteiger partial charge is 0.507 e. The number of benzene rings is 1. The molecule has 0 radical (unpaired) electrons. The molecule has 0 saturated heterocycles. The number of nitrogens with one attached hydrogen (secondary N) is 1. The monoisotopic (exact) mass is 329 g/mol. The van der Waals surface area contributed by atoms with Crippen LogP contribution in [0.5, 0.6) is 0 Å². The summed E-state index contributed by atoms with van der Waals surface area (Å²) in [4.78, 5) is 15.7. The van der Waals surface area contributed by atoms with Gasteiger partial charge < -0.3 is 9.52 Å². The molecule has 6 nitrogen and oxygen atoms in total. The van der Waals surface area contributed by atoms with Gasteiger partial charge in [-0.1, -0.05) is 29.8 Å². The van der Waals surface area contributed by atoms with Crippen LogP contribution in [0, 0.1) is 0 Å². The van der Waals surface area contributed by atoms with Crippen LogP contribution in [0.3, 0.4) is 0 Å². The Kier molecular flexibility index (Phi) is 4.25. The van der Waals surface area contributed by atoms with Gasteiger partial charge in [-0.3, -0.25) is 9.89 Å². The number of H-pyrrole nitrogens is 1. The van der Waals surface area contributed by atoms with E-state index in [1.165, 1.54) is 12.6 Å². The summed E-state index contributed by atoms with van der Waals surface area (Å²) in [5.74, 6) is -0.128. The van der Waals surface area contributed by atoms with E-state index in [2.05, 4.69) is 15.2 Å². The molecular formula is C16H12ClN3O3. The van der Waals surface area contributed by atoms with Crippen LogP contribution in [0.25, 0.3) is 5.76 Å². The number of rotatable bonds is 5. The lowest BCUT2D eigenvalue weighted by molar-refractivity contribution is 0.103. The summed E-state index contributed by atoms with van der Waals surface area (Å²) in [7, 11) is 0. The molecule has 2 N–H and O–H groups in total. The van der Waals surface area contributed by atoms with Gasteiger partial charge in [0.25, 0.3) is 0 Å². The zero-order valence-electron chi connectivity index (χ0n) is 11.9. The number of nitrogens with zero attached hydrogens (tertiary/aromatic N) is 2. The van der Waals surface area contributed by atoms with Gasteiger partial charge >= 0.3 is 0 Å². The molecule has 0 fully saturated rings. The number of aromatic nitrogens is 3. The maximum absolute atomic E-state index is 11.9. The molecule has 0 unspecified atom stereocenters. The van der Waals surface area contributed by atoms with Gasteiger partial charge in [0.05, 0.1) is 11.8 Å². The van der Waals surface area contributed by atoms with Gasteiger partial charge in [-0.15, -0.1) is 0 Å². The summed E-state index contributed by atoms with van der Waals surface area (Å²) in [5.41, 5.74) is 1.29. The fraction of sp³-hybridized carbons (Fsp3) is 0.0625. The van der Waals surface area contributed by atoms with Crippen molar-refractivity contribution in [1.82, 2.24) is 15.2 Å². The fourth-order valence-corrected chi connectivity index (χ4v) is 2.32. The van der Waals surface area contributed by atoms with Crippen molar-refractivity contribution < 1.29 is 14.3 Å². The number of hydrogen-bond donors (Lipinski definition) is 2. The van der Waals surface area contributed by atoms with Gasteiger partial charge in [-0.25, -0.2) is 4.98 Å². The minimum Gasteiger partial charge on any atom is -0.507 e. The molecule has 1 aromatic carbocycles. The van der Waals surface area contributed by atoms with E-state index in [9.17, 15) is 9.90 Å². The maximum Gasteiger partial charge on any atom is 0.226 e. The standard InChI is InChI=1S/C16H12ClN3O3/c17-12-4-2-1-3-10(12)7-15-11(5-6-23-15)13(21)8-14(22)16-18-9-19-20-16/h1-6,8-9,21H,7H2,(H,18,19,20). The first-order valence-electron chi connectivity index (χ1n) is 6.75. The second-order valence-corrected chi connectivity index (χ2v) is 5.16. The first-order valence-corrected chi connectivity index (χ1v) is 7.13. The second-order valence-electron chi connectivity index (χ2n) is 4.75. The van der Waals surface area contributed by atoms with Crippen molar-refractivity contribution in [1.29, 1.82) is 0 Å². The lowest BCUT2D eigenvalue weighted by atomic mass is 10.1. The van der Waals surface area contributed by atoms with E-state index in [0.29, 0.717) is 22.8 Å². The Hall–Kier alpha value is -2.86. The van der Waals surface area contributed by atoms with Crippen molar-refractivity contribution in [3.63, 3.8) is 0 Å². The molecule has 3 aromatic rings. The summed E-state index contributed by atoms with van der Waals surface area (Å²) in [6.07, 6.45) is 4.14. The molecule has 2 heterocycles. The molecule has 0 atom stereocenters. The second kappa shape index (κ2) is 6.50. The maximum atomic E-state index is 11.9. The molecule has 7 heteroatoms. The lowest BCUT2D eigenvalue weighted by Crippen LogP contribution is -2.00. The number of furan rings is 1. The summed E-state index contributed by atoms with van der Waals surface area (Å²) >= 11 is 6.13. The number of aliphatic hydroxyl groups is 1. The van der Waals surface area contributed by atoms with E-state index in [1.54, 1.807) is 12.1 Å². The number of carbonyl (C=O) groups excluding carboxylic acids is 1. The van der Waals surface area contributed by atoms with Gasteiger partial charge in [0.15, 0.2) is 5.82 Å². The minimum absolute atomic E-state index is 0.0488. The van der Waals surface area contributed by atoms with Crippen LogP contribution in [0.15, 0.2) is 53.4 Å². The van der Waals surface area contributed by atoms with Crippen LogP contribution in [0.2, 0.25) is 5.02 Å². The van der Waals surface area contributed by atoms with E-state index >= 15 is 0 Å². The summed E-state index contributed by atoms with van der Waals surface area (Å²) in [6, 6.07) is 8.94. The van der Waals surface area contributed by atoms with E-state index in [-0.39, 0.29) is 11.6 Å². The molecule has 0 aliphatic rings. The first kappa shape index (κ1) is 15.1. The summed E-state index contributed by atoms with van der Waals surface area (Å²) in [5, 5.41) is 16.8. The minimum atomic E-state index is -0.482. The van der Waals surface area contributed by atoms with E-state index < -0.39 is 5.78 Å². The Morgan fingerprint density at radius 3 is 2.91 bits per heavy atom. The van der Waals surface area contributed by atoms with E-state index in [0.717, 1.165) is 11.6 Å². The molecule has 0 spiro atoms. The van der Waals surface area contributed by atoms with Crippen LogP contribution in [-0.4, -0.2) is 26.1 Å². The Morgan fingerprint density at radius 2 is 2.17 bits per heavy atom. The number of aromatic amines is 1. The van der Waals surface area contributed by atoms with E-state index in [1.807, 2.05) is 18.2 Å². The van der Waals surface area contributed by atoms with Gasteiger partial charge in [-0.2, -0.15) is 5.10 Å². The molecule has 0 saturated carbocycles. The van der Waals surface area contributed by atoms with Gasteiger partial charge in [0.2, 0.25) is 5.78 Å². The third kappa shape index (κ3) is 3.32. The normalized spacial score (nSPS) is 11.6. The van der Waals surface area contributed by atoms with Crippen molar-refractivity contribution in [2.75, 3.05) is 0 Å². The zero-order chi connectivity index (χ0) is 16.2. The molecule has 3 rings (SSSR count). The van der Waals surface area contributed by atoms with Crippen LogP contribution in [0.1, 0.15) is 27.5 Å². The molecular weight excluding hydrogens is 318 g/mol. The first-order chi connectivity index (χ1) is 11.1. The highest BCUT2D eigenvalue weighted by Crippen LogP contribution is 2.25. The van der Waals surface area contributed by atoms with Crippen molar-refractivity contribution >= 4 is 23.1 Å². The fourth-order valence-electron chi connectivity index (χ4n) is 2.11. The highest BCUT2D eigenvalue weighted by molar-refractivity contribution is 6.31.